The van der Waals surface area contributed by atoms with Crippen LogP contribution in [0.3, 0.4) is 0 Å². The van der Waals surface area contributed by atoms with Crippen LogP contribution in [0.25, 0.3) is 0 Å². The van der Waals surface area contributed by atoms with E-state index in [0.717, 1.165) is 26.3 Å². The fraction of sp³-hybridized carbons (Fsp3) is 0.800. The molecule has 0 aromatic carbocycles. The standard InChI is InChI=1S/C5H9N2OSe/c6-5(9)7-1-3-8-4-2-7/h6H,1-4H2. The Balaban J connectivity index is 2.31. The van der Waals surface area contributed by atoms with Gasteiger partial charge in [-0.25, -0.2) is 0 Å². The summed E-state index contributed by atoms with van der Waals surface area (Å²) in [7, 11) is 0. The summed E-state index contributed by atoms with van der Waals surface area (Å²) in [6, 6.07) is 0. The van der Waals surface area contributed by atoms with Crippen molar-refractivity contribution >= 4 is 20.7 Å². The molecule has 0 atom stereocenters. The number of hydrogen-bond donors (Lipinski definition) is 1. The Morgan fingerprint density at radius 2 is 2.00 bits per heavy atom. The van der Waals surface area contributed by atoms with Gasteiger partial charge >= 0.3 is 62.1 Å². The van der Waals surface area contributed by atoms with Gasteiger partial charge in [-0.15, -0.1) is 0 Å². The number of hydrogen-bond acceptors (Lipinski definition) is 2. The fourth-order valence-corrected chi connectivity index (χ4v) is 1.15. The minimum absolute atomic E-state index is 0.526. The number of nitrogens with one attached hydrogen (secondary N) is 1. The van der Waals surface area contributed by atoms with Crippen molar-refractivity contribution in [1.82, 2.24) is 4.90 Å². The fourth-order valence-electron chi connectivity index (χ4n) is 0.766. The topological polar surface area (TPSA) is 36.3 Å². The summed E-state index contributed by atoms with van der Waals surface area (Å²) in [5, 5.41) is 7.20. The second-order valence-corrected chi connectivity index (χ2v) is 2.72. The maximum atomic E-state index is 7.20. The van der Waals surface area contributed by atoms with Crippen LogP contribution in [-0.2, 0) is 4.74 Å². The van der Waals surface area contributed by atoms with E-state index >= 15 is 0 Å². The molecular formula is C5H9N2OSe. The molecule has 0 amide bonds. The first kappa shape index (κ1) is 7.06. The predicted octanol–water partition coefficient (Wildman–Crippen LogP) is -0.578. The quantitative estimate of drug-likeness (QED) is 0.317. The van der Waals surface area contributed by atoms with Crippen LogP contribution in [0.2, 0.25) is 0 Å². The van der Waals surface area contributed by atoms with Gasteiger partial charge in [0.1, 0.15) is 0 Å². The van der Waals surface area contributed by atoms with E-state index in [-0.39, 0.29) is 0 Å². The third-order valence-electron chi connectivity index (χ3n) is 1.30. The Hall–Kier alpha value is -0.0505. The van der Waals surface area contributed by atoms with Gasteiger partial charge in [-0.05, 0) is 0 Å². The zero-order valence-corrected chi connectivity index (χ0v) is 6.81. The van der Waals surface area contributed by atoms with Crippen molar-refractivity contribution in [3.8, 4) is 0 Å². The van der Waals surface area contributed by atoms with Gasteiger partial charge in [0.05, 0.1) is 0 Å². The van der Waals surface area contributed by atoms with E-state index in [9.17, 15) is 0 Å². The van der Waals surface area contributed by atoms with Gasteiger partial charge in [0, 0.05) is 0 Å². The summed E-state index contributed by atoms with van der Waals surface area (Å²) in [6.45, 7) is 3.21. The van der Waals surface area contributed by atoms with Crippen molar-refractivity contribution in [3.63, 3.8) is 0 Å². The molecule has 0 spiro atoms. The van der Waals surface area contributed by atoms with E-state index in [1.54, 1.807) is 0 Å². The molecule has 0 saturated carbocycles. The molecule has 1 saturated heterocycles. The molecule has 1 aliphatic rings. The number of nitrogens with zero attached hydrogens (tertiary/aromatic N) is 1. The van der Waals surface area contributed by atoms with Gasteiger partial charge in [0.2, 0.25) is 0 Å². The second kappa shape index (κ2) is 3.20. The average Bonchev–Trinajstić information content (AvgIpc) is 1.90. The van der Waals surface area contributed by atoms with Crippen molar-refractivity contribution in [3.05, 3.63) is 0 Å². The second-order valence-electron chi connectivity index (χ2n) is 1.90. The third-order valence-corrected chi connectivity index (χ3v) is 1.84. The van der Waals surface area contributed by atoms with Gasteiger partial charge < -0.3 is 0 Å². The normalized spacial score (nSPS) is 19.8. The molecule has 0 unspecified atom stereocenters. The van der Waals surface area contributed by atoms with Gasteiger partial charge in [-0.2, -0.15) is 0 Å². The van der Waals surface area contributed by atoms with Gasteiger partial charge in [0.25, 0.3) is 0 Å². The molecule has 1 fully saturated rings. The molecule has 0 aromatic rings. The number of amidine groups is 1. The van der Waals surface area contributed by atoms with Crippen molar-refractivity contribution in [2.75, 3.05) is 26.3 Å². The SMILES string of the molecule is N=C([Se])N1CCOCC1. The Bertz CT molecular complexity index is 112. The van der Waals surface area contributed by atoms with Crippen molar-refractivity contribution in [1.29, 1.82) is 5.41 Å². The van der Waals surface area contributed by atoms with Gasteiger partial charge in [-0.1, -0.05) is 0 Å². The molecule has 3 nitrogen and oxygen atoms in total. The first-order chi connectivity index (χ1) is 4.30. The molecule has 4 heteroatoms. The summed E-state index contributed by atoms with van der Waals surface area (Å²) < 4.78 is 5.62. The molecule has 1 rings (SSSR count). The molecule has 9 heavy (non-hydrogen) atoms. The monoisotopic (exact) mass is 193 g/mol. The van der Waals surface area contributed by atoms with Crippen LogP contribution in [0.5, 0.6) is 0 Å². The molecule has 0 aromatic heterocycles. The number of morpholine rings is 1. The van der Waals surface area contributed by atoms with E-state index in [1.807, 2.05) is 4.90 Å². The molecule has 0 bridgehead atoms. The molecule has 1 radical (unpaired) electrons. The summed E-state index contributed by atoms with van der Waals surface area (Å²) in [4.78, 5) is 1.96. The molecule has 1 heterocycles. The van der Waals surface area contributed by atoms with Gasteiger partial charge in [0.15, 0.2) is 0 Å². The summed E-state index contributed by atoms with van der Waals surface area (Å²) in [5.74, 6) is 0. The average molecular weight is 192 g/mol. The first-order valence-corrected chi connectivity index (χ1v) is 3.74. The Morgan fingerprint density at radius 3 is 2.33 bits per heavy atom. The minimum atomic E-state index is 0.526. The summed E-state index contributed by atoms with van der Waals surface area (Å²) in [6.07, 6.45) is 0. The van der Waals surface area contributed by atoms with Crippen LogP contribution in [0, 0.1) is 5.41 Å². The van der Waals surface area contributed by atoms with Crippen LogP contribution in [0.15, 0.2) is 0 Å². The number of rotatable bonds is 0. The molecule has 0 aliphatic carbocycles. The van der Waals surface area contributed by atoms with E-state index in [1.165, 1.54) is 0 Å². The molecule has 51 valence electrons. The zero-order chi connectivity index (χ0) is 6.69. The van der Waals surface area contributed by atoms with E-state index in [2.05, 4.69) is 16.0 Å². The van der Waals surface area contributed by atoms with Crippen LogP contribution in [0.4, 0.5) is 0 Å². The van der Waals surface area contributed by atoms with Crippen molar-refractivity contribution in [2.45, 2.75) is 0 Å². The van der Waals surface area contributed by atoms with Crippen LogP contribution in [0.1, 0.15) is 0 Å². The molecule has 1 aliphatic heterocycles. The zero-order valence-electron chi connectivity index (χ0n) is 5.09. The Kier molecular flexibility index (Phi) is 2.51. The van der Waals surface area contributed by atoms with Crippen molar-refractivity contribution in [2.24, 2.45) is 0 Å². The number of ether oxygens (including phenoxy) is 1. The summed E-state index contributed by atoms with van der Waals surface area (Å²) in [5.41, 5.74) is 0. The van der Waals surface area contributed by atoms with Crippen LogP contribution >= 0.6 is 0 Å². The third kappa shape index (κ3) is 1.97. The first-order valence-electron chi connectivity index (χ1n) is 2.89. The van der Waals surface area contributed by atoms with Crippen LogP contribution < -0.4 is 0 Å². The van der Waals surface area contributed by atoms with E-state index < -0.39 is 0 Å². The predicted molar refractivity (Wildman–Crippen MR) is 35.9 cm³/mol. The maximum absolute atomic E-state index is 7.20. The van der Waals surface area contributed by atoms with E-state index in [0.29, 0.717) is 4.73 Å². The van der Waals surface area contributed by atoms with Crippen LogP contribution in [-0.4, -0.2) is 51.9 Å². The van der Waals surface area contributed by atoms with E-state index in [4.69, 9.17) is 10.1 Å². The van der Waals surface area contributed by atoms with Crippen molar-refractivity contribution < 1.29 is 4.74 Å². The molecule has 1 N–H and O–H groups in total. The Labute approximate surface area is 62.7 Å². The molecular weight excluding hydrogens is 183 g/mol. The Morgan fingerprint density at radius 1 is 1.44 bits per heavy atom. The summed E-state index contributed by atoms with van der Waals surface area (Å²) >= 11 is 2.66. The van der Waals surface area contributed by atoms with Gasteiger partial charge in [-0.3, -0.25) is 0 Å².